The molecule has 0 unspecified atom stereocenters. The molecule has 0 fully saturated rings. The topological polar surface area (TPSA) is 316 Å². The van der Waals surface area contributed by atoms with Crippen molar-refractivity contribution >= 4 is 71.6 Å². The van der Waals surface area contributed by atoms with Crippen molar-refractivity contribution in [3.05, 3.63) is 0 Å². The monoisotopic (exact) mass is 1140 g/mol. The molecule has 0 radical (unpaired) electrons. The third kappa shape index (κ3) is 57.6. The molecular weight excluding hydrogens is 1040 g/mol. The highest BCUT2D eigenvalue weighted by Crippen LogP contribution is 2.22. The van der Waals surface area contributed by atoms with Crippen molar-refractivity contribution in [2.24, 2.45) is 5.41 Å². The van der Waals surface area contributed by atoms with Gasteiger partial charge in [-0.3, -0.25) is 57.5 Å². The van der Waals surface area contributed by atoms with E-state index in [0.29, 0.717) is 58.3 Å². The average molecular weight is 1140 g/mol. The van der Waals surface area contributed by atoms with E-state index in [9.17, 15) is 57.5 Å². The van der Waals surface area contributed by atoms with Gasteiger partial charge in [0.1, 0.15) is 58.3 Å². The average Bonchev–Trinajstić information content (AvgIpc) is 3.46. The second kappa shape index (κ2) is 57.8. The molecule has 0 aromatic carbocycles. The first kappa shape index (κ1) is 81.5. The van der Waals surface area contributed by atoms with Crippen molar-refractivity contribution in [3.8, 4) is 0 Å². The van der Waals surface area contributed by atoms with E-state index in [-0.39, 0.29) is 128 Å². The first-order valence-electron chi connectivity index (χ1n) is 27.5. The van der Waals surface area contributed by atoms with Crippen LogP contribution >= 0.6 is 0 Å². The maximum Gasteiger partial charge on any atom is 0.306 e. The van der Waals surface area contributed by atoms with Gasteiger partial charge in [0.05, 0.1) is 19.8 Å². The summed E-state index contributed by atoms with van der Waals surface area (Å²) >= 11 is 0. The Morgan fingerprint density at radius 1 is 0.278 bits per heavy atom. The van der Waals surface area contributed by atoms with E-state index in [1.807, 2.05) is 6.92 Å². The molecule has 0 rings (SSSR count). The molecule has 0 aromatic rings. The molecule has 24 heteroatoms. The maximum atomic E-state index is 11.5. The summed E-state index contributed by atoms with van der Waals surface area (Å²) in [6.45, 7) is 22.8. The summed E-state index contributed by atoms with van der Waals surface area (Å²) < 4.78 is 59.0. The minimum Gasteiger partial charge on any atom is -0.466 e. The van der Waals surface area contributed by atoms with Crippen LogP contribution in [0.5, 0.6) is 0 Å². The van der Waals surface area contributed by atoms with Crippen LogP contribution in [-0.2, 0) is 114 Å². The number of unbranched alkanes of at least 4 members (excludes halogenated alkanes) is 3. The van der Waals surface area contributed by atoms with Gasteiger partial charge in [0.2, 0.25) is 0 Å². The first-order chi connectivity index (χ1) is 37.6. The van der Waals surface area contributed by atoms with Crippen LogP contribution in [0.3, 0.4) is 0 Å². The molecule has 0 saturated carbocycles. The summed E-state index contributed by atoms with van der Waals surface area (Å²) in [5.74, 6) is -4.12. The maximum absolute atomic E-state index is 11.5. The fraction of sp³-hybridized carbons (Fsp3) is 0.782. The number of carbonyl (C=O) groups is 12. The van der Waals surface area contributed by atoms with E-state index in [1.165, 1.54) is 12.8 Å². The largest absolute Gasteiger partial charge is 0.466 e. The highest BCUT2D eigenvalue weighted by molar-refractivity contribution is 5.73. The van der Waals surface area contributed by atoms with Crippen LogP contribution in [-0.4, -0.2) is 150 Å². The minimum absolute atomic E-state index is 0.0522. The van der Waals surface area contributed by atoms with Crippen LogP contribution in [0, 0.1) is 5.41 Å². The predicted molar refractivity (Wildman–Crippen MR) is 285 cm³/mol. The number of hydrogen-bond acceptors (Lipinski definition) is 24. The van der Waals surface area contributed by atoms with Crippen molar-refractivity contribution in [2.75, 3.05) is 72.7 Å². The van der Waals surface area contributed by atoms with Gasteiger partial charge in [-0.05, 0) is 13.3 Å². The Hall–Kier alpha value is -6.36. The Morgan fingerprint density at radius 3 is 0.835 bits per heavy atom. The standard InChI is InChI=1S/C17H28O8.C12H20O6.C9H16O4.C9H18O2.C8H14O4/c1-5-13(18)22-9-17(10-23-14(19)6-2,11-24-15(20)7-3)12-25-16(21)8-4;1-4-10(13)16-7-9(18-12(15)6-3)8-17-11(14)5-2;1-3-8(10)12-6-5-7-13-9(11)4-2;1-3-5-6-7-8-9(10)11-4-2;1-3-7(9)11-5-6-12-8(10)4-2/h5-12H2,1-4H3;9H,4-8H2,1-3H3;3-7H2,1-2H3;3-8H2,1-2H3;3-6H2,1-2H3. The van der Waals surface area contributed by atoms with Crippen molar-refractivity contribution < 1.29 is 114 Å². The Kier molecular flexibility index (Phi) is 59.6. The molecule has 0 aliphatic carbocycles. The van der Waals surface area contributed by atoms with E-state index in [4.69, 9.17) is 47.4 Å². The second-order valence-electron chi connectivity index (χ2n) is 16.4. The lowest BCUT2D eigenvalue weighted by Crippen LogP contribution is -2.43. The lowest BCUT2D eigenvalue weighted by atomic mass is 9.92. The fourth-order valence-electron chi connectivity index (χ4n) is 4.63. The Morgan fingerprint density at radius 2 is 0.557 bits per heavy atom. The molecule has 460 valence electrons. The van der Waals surface area contributed by atoms with E-state index >= 15 is 0 Å². The summed E-state index contributed by atoms with van der Waals surface area (Å²) in [6, 6.07) is 0. The Bertz CT molecular complexity index is 1550. The zero-order chi connectivity index (χ0) is 61.3. The summed E-state index contributed by atoms with van der Waals surface area (Å²) in [5.41, 5.74) is -1.15. The molecule has 0 bridgehead atoms. The van der Waals surface area contributed by atoms with Crippen molar-refractivity contribution in [3.63, 3.8) is 0 Å². The SMILES string of the molecule is CCC(=O)OCC(COC(=O)CC)(COC(=O)CC)COC(=O)CC.CCC(=O)OCC(COC(=O)CC)OC(=O)CC.CCC(=O)OCCCOC(=O)CC.CCC(=O)OCCOC(=O)CC.CCCCCCC(=O)OCC. The van der Waals surface area contributed by atoms with E-state index in [2.05, 4.69) is 16.4 Å². The summed E-state index contributed by atoms with van der Waals surface area (Å²) in [4.78, 5) is 132. The van der Waals surface area contributed by atoms with Gasteiger partial charge < -0.3 is 56.8 Å². The van der Waals surface area contributed by atoms with E-state index in [0.717, 1.165) is 12.8 Å². The smallest absolute Gasteiger partial charge is 0.306 e. The van der Waals surface area contributed by atoms with Crippen LogP contribution < -0.4 is 0 Å². The highest BCUT2D eigenvalue weighted by Gasteiger charge is 2.37. The Balaban J connectivity index is -0.000000300. The van der Waals surface area contributed by atoms with Gasteiger partial charge in [-0.25, -0.2) is 0 Å². The molecule has 0 N–H and O–H groups in total. The number of carbonyl (C=O) groups excluding carboxylic acids is 12. The second-order valence-corrected chi connectivity index (χ2v) is 16.4. The van der Waals surface area contributed by atoms with Crippen LogP contribution in [0.4, 0.5) is 0 Å². The Labute approximate surface area is 468 Å². The normalized spacial score (nSPS) is 9.95. The van der Waals surface area contributed by atoms with Crippen molar-refractivity contribution in [2.45, 2.75) is 205 Å². The number of esters is 12. The molecule has 0 aliphatic heterocycles. The van der Waals surface area contributed by atoms with Gasteiger partial charge in [0, 0.05) is 83.5 Å². The van der Waals surface area contributed by atoms with Gasteiger partial charge in [0.15, 0.2) is 6.10 Å². The molecule has 0 saturated heterocycles. The number of rotatable bonds is 37. The highest BCUT2D eigenvalue weighted by atomic mass is 16.6. The zero-order valence-electron chi connectivity index (χ0n) is 49.7. The zero-order valence-corrected chi connectivity index (χ0v) is 49.7. The lowest BCUT2D eigenvalue weighted by molar-refractivity contribution is -0.171. The molecule has 0 aromatic heterocycles. The van der Waals surface area contributed by atoms with E-state index < -0.39 is 53.3 Å². The first-order valence-corrected chi connectivity index (χ1v) is 27.5. The summed E-state index contributed by atoms with van der Waals surface area (Å²) in [5, 5.41) is 0. The molecule has 79 heavy (non-hydrogen) atoms. The van der Waals surface area contributed by atoms with Gasteiger partial charge in [-0.15, -0.1) is 0 Å². The number of ether oxygens (including phenoxy) is 12. The van der Waals surface area contributed by atoms with Gasteiger partial charge in [-0.1, -0.05) is 102 Å². The lowest BCUT2D eigenvalue weighted by Gasteiger charge is -2.31. The van der Waals surface area contributed by atoms with Gasteiger partial charge in [-0.2, -0.15) is 0 Å². The minimum atomic E-state index is -1.15. The molecular formula is C55H96O24. The van der Waals surface area contributed by atoms with Crippen LogP contribution in [0.1, 0.15) is 199 Å². The van der Waals surface area contributed by atoms with Gasteiger partial charge in [0.25, 0.3) is 0 Å². The summed E-state index contributed by atoms with van der Waals surface area (Å²) in [6.07, 6.45) is 7.77. The van der Waals surface area contributed by atoms with Crippen molar-refractivity contribution in [1.82, 2.24) is 0 Å². The fourth-order valence-corrected chi connectivity index (χ4v) is 4.63. The number of hydrogen-bond donors (Lipinski definition) is 0. The molecule has 24 nitrogen and oxygen atoms in total. The molecule has 0 spiro atoms. The molecule has 0 atom stereocenters. The third-order valence-corrected chi connectivity index (χ3v) is 9.46. The van der Waals surface area contributed by atoms with Crippen LogP contribution in [0.15, 0.2) is 0 Å². The van der Waals surface area contributed by atoms with E-state index in [1.54, 1.807) is 76.2 Å². The van der Waals surface area contributed by atoms with Crippen LogP contribution in [0.2, 0.25) is 0 Å². The molecule has 0 heterocycles. The van der Waals surface area contributed by atoms with Crippen molar-refractivity contribution in [1.29, 1.82) is 0 Å². The van der Waals surface area contributed by atoms with Gasteiger partial charge >= 0.3 is 71.6 Å². The summed E-state index contributed by atoms with van der Waals surface area (Å²) in [7, 11) is 0. The third-order valence-electron chi connectivity index (χ3n) is 9.46. The quantitative estimate of drug-likeness (QED) is 0.0327. The molecule has 0 aliphatic rings. The molecule has 0 amide bonds. The van der Waals surface area contributed by atoms with Crippen LogP contribution in [0.25, 0.3) is 0 Å². The predicted octanol–water partition coefficient (Wildman–Crippen LogP) is 7.70.